The van der Waals surface area contributed by atoms with E-state index >= 15 is 0 Å². The third-order valence-corrected chi connectivity index (χ3v) is 5.46. The first-order valence-corrected chi connectivity index (χ1v) is 9.87. The molecule has 142 valence electrons. The molecule has 2 aromatic carbocycles. The molecule has 1 aliphatic heterocycles. The lowest BCUT2D eigenvalue weighted by Gasteiger charge is -2.31. The van der Waals surface area contributed by atoms with Crippen LogP contribution in [0.2, 0.25) is 0 Å². The molecule has 0 radical (unpaired) electrons. The van der Waals surface area contributed by atoms with Gasteiger partial charge in [0.05, 0.1) is 6.04 Å². The number of halogens is 1. The summed E-state index contributed by atoms with van der Waals surface area (Å²) in [5.74, 6) is 0.209. The lowest BCUT2D eigenvalue weighted by molar-refractivity contribution is -0.120. The number of benzene rings is 2. The molecule has 1 unspecified atom stereocenters. The summed E-state index contributed by atoms with van der Waals surface area (Å²) >= 11 is 1.12. The van der Waals surface area contributed by atoms with Crippen molar-refractivity contribution in [3.05, 3.63) is 60.2 Å². The molecule has 0 aromatic heterocycles. The molecule has 6 heteroatoms. The van der Waals surface area contributed by atoms with Gasteiger partial charge in [0.1, 0.15) is 11.8 Å². The first kappa shape index (κ1) is 19.5. The van der Waals surface area contributed by atoms with Crippen LogP contribution in [0.1, 0.15) is 18.9 Å². The van der Waals surface area contributed by atoms with Crippen molar-refractivity contribution in [3.63, 3.8) is 0 Å². The molecule has 3 rings (SSSR count). The second kappa shape index (κ2) is 9.06. The fourth-order valence-electron chi connectivity index (χ4n) is 3.08. The third kappa shape index (κ3) is 5.11. The van der Waals surface area contributed by atoms with Crippen LogP contribution in [0, 0.1) is 0 Å². The zero-order valence-corrected chi connectivity index (χ0v) is 16.0. The Hall–Kier alpha value is -2.31. The van der Waals surface area contributed by atoms with Gasteiger partial charge in [-0.1, -0.05) is 30.0 Å². The van der Waals surface area contributed by atoms with Crippen LogP contribution in [0.15, 0.2) is 59.5 Å². The van der Waals surface area contributed by atoms with Crippen molar-refractivity contribution in [2.24, 2.45) is 0 Å². The molecule has 1 heterocycles. The second-order valence-corrected chi connectivity index (χ2v) is 7.44. The Morgan fingerprint density at radius 3 is 2.52 bits per heavy atom. The number of rotatable bonds is 6. The number of phenols is 1. The van der Waals surface area contributed by atoms with Crippen molar-refractivity contribution in [1.82, 2.24) is 4.90 Å². The van der Waals surface area contributed by atoms with Crippen LogP contribution in [-0.2, 0) is 4.79 Å². The number of carbonyl (C=O) groups excluding carboxylic acids is 1. The summed E-state index contributed by atoms with van der Waals surface area (Å²) in [4.78, 5) is 15.5. The van der Waals surface area contributed by atoms with E-state index in [1.807, 2.05) is 19.1 Å². The van der Waals surface area contributed by atoms with Crippen LogP contribution in [0.3, 0.4) is 0 Å². The van der Waals surface area contributed by atoms with Crippen LogP contribution in [0.4, 0.5) is 10.1 Å². The molecular weight excluding hydrogens is 363 g/mol. The minimum atomic E-state index is -0.461. The minimum Gasteiger partial charge on any atom is -0.508 e. The molecular formula is C21H23FN2O2S. The number of nitrogens with zero attached hydrogens (tertiary/aromatic N) is 1. The predicted octanol–water partition coefficient (Wildman–Crippen LogP) is 4.53. The standard InChI is InChI=1S/C21H23FN2O2S/c1-15(21(26)23-18-4-8-20(9-5-18)27-14-22)24-12-10-17(11-13-24)16-2-6-19(25)7-3-16/h2-10,15,25H,11-14H2,1H3,(H,23,26). The van der Waals surface area contributed by atoms with E-state index in [2.05, 4.69) is 16.3 Å². The summed E-state index contributed by atoms with van der Waals surface area (Å²) in [5, 5.41) is 12.3. The van der Waals surface area contributed by atoms with E-state index in [9.17, 15) is 14.3 Å². The average Bonchev–Trinajstić information content (AvgIpc) is 2.70. The highest BCUT2D eigenvalue weighted by Crippen LogP contribution is 2.25. The Labute approximate surface area is 163 Å². The first-order chi connectivity index (χ1) is 13.1. The highest BCUT2D eigenvalue weighted by Gasteiger charge is 2.23. The molecule has 1 atom stereocenters. The molecule has 0 aliphatic carbocycles. The summed E-state index contributed by atoms with van der Waals surface area (Å²) in [7, 11) is 0. The van der Waals surface area contributed by atoms with Gasteiger partial charge in [0.2, 0.25) is 5.91 Å². The Kier molecular flexibility index (Phi) is 6.53. The number of hydrogen-bond acceptors (Lipinski definition) is 4. The van der Waals surface area contributed by atoms with E-state index in [-0.39, 0.29) is 17.7 Å². The lowest BCUT2D eigenvalue weighted by Crippen LogP contribution is -2.44. The number of hydrogen-bond donors (Lipinski definition) is 2. The van der Waals surface area contributed by atoms with Crippen molar-refractivity contribution >= 4 is 28.9 Å². The third-order valence-electron chi connectivity index (χ3n) is 4.75. The maximum Gasteiger partial charge on any atom is 0.241 e. The topological polar surface area (TPSA) is 52.6 Å². The van der Waals surface area contributed by atoms with E-state index in [0.717, 1.165) is 35.2 Å². The number of amides is 1. The molecule has 0 fully saturated rings. The molecule has 2 aromatic rings. The molecule has 0 saturated carbocycles. The van der Waals surface area contributed by atoms with E-state index in [4.69, 9.17) is 0 Å². The molecule has 0 saturated heterocycles. The van der Waals surface area contributed by atoms with Gasteiger partial charge in [-0.3, -0.25) is 9.69 Å². The van der Waals surface area contributed by atoms with Crippen LogP contribution in [0.5, 0.6) is 5.75 Å². The number of aromatic hydroxyl groups is 1. The van der Waals surface area contributed by atoms with Gasteiger partial charge in [-0.25, -0.2) is 4.39 Å². The molecule has 1 aliphatic rings. The molecule has 4 nitrogen and oxygen atoms in total. The number of thioether (sulfide) groups is 1. The largest absolute Gasteiger partial charge is 0.508 e. The first-order valence-electron chi connectivity index (χ1n) is 8.89. The Balaban J connectivity index is 1.57. The van der Waals surface area contributed by atoms with Crippen LogP contribution in [0.25, 0.3) is 5.57 Å². The zero-order valence-electron chi connectivity index (χ0n) is 15.2. The average molecular weight is 386 g/mol. The Morgan fingerprint density at radius 1 is 1.22 bits per heavy atom. The number of alkyl halides is 1. The van der Waals surface area contributed by atoms with Gasteiger partial charge >= 0.3 is 0 Å². The van der Waals surface area contributed by atoms with Gasteiger partial charge in [-0.05, 0) is 60.9 Å². The smallest absolute Gasteiger partial charge is 0.241 e. The lowest BCUT2D eigenvalue weighted by atomic mass is 9.98. The molecule has 1 amide bonds. The van der Waals surface area contributed by atoms with Gasteiger partial charge in [-0.15, -0.1) is 0 Å². The van der Waals surface area contributed by atoms with Crippen LogP contribution >= 0.6 is 11.8 Å². The summed E-state index contributed by atoms with van der Waals surface area (Å²) in [6.07, 6.45) is 3.00. The molecule has 0 spiro atoms. The molecule has 0 bridgehead atoms. The fourth-order valence-corrected chi connectivity index (χ4v) is 3.54. The van der Waals surface area contributed by atoms with Gasteiger partial charge in [0.25, 0.3) is 0 Å². The van der Waals surface area contributed by atoms with Gasteiger partial charge in [0.15, 0.2) is 0 Å². The monoisotopic (exact) mass is 386 g/mol. The number of anilines is 1. The minimum absolute atomic E-state index is 0.0534. The van der Waals surface area contributed by atoms with E-state index in [0.29, 0.717) is 12.2 Å². The summed E-state index contributed by atoms with van der Waals surface area (Å²) in [5.41, 5.74) is 3.06. The van der Waals surface area contributed by atoms with Crippen LogP contribution in [-0.4, -0.2) is 41.1 Å². The quantitative estimate of drug-likeness (QED) is 0.717. The van der Waals surface area contributed by atoms with Crippen molar-refractivity contribution in [2.75, 3.05) is 24.4 Å². The maximum absolute atomic E-state index is 12.5. The summed E-state index contributed by atoms with van der Waals surface area (Å²) in [6, 6.07) is 13.7. The summed E-state index contributed by atoms with van der Waals surface area (Å²) in [6.45, 7) is 3.41. The van der Waals surface area contributed by atoms with Gasteiger partial charge < -0.3 is 10.4 Å². The zero-order chi connectivity index (χ0) is 19.2. The SMILES string of the molecule is CC(C(=O)Nc1ccc(SCF)cc1)N1CC=C(c2ccc(O)cc2)CC1. The van der Waals surface area contributed by atoms with Crippen molar-refractivity contribution < 1.29 is 14.3 Å². The number of nitrogens with one attached hydrogen (secondary N) is 1. The predicted molar refractivity (Wildman–Crippen MR) is 109 cm³/mol. The second-order valence-electron chi connectivity index (χ2n) is 6.46. The normalized spacial score (nSPS) is 15.9. The van der Waals surface area contributed by atoms with Gasteiger partial charge in [-0.2, -0.15) is 0 Å². The summed E-state index contributed by atoms with van der Waals surface area (Å²) < 4.78 is 12.3. The van der Waals surface area contributed by atoms with Crippen LogP contribution < -0.4 is 5.32 Å². The maximum atomic E-state index is 12.5. The Morgan fingerprint density at radius 2 is 1.93 bits per heavy atom. The van der Waals surface area contributed by atoms with E-state index < -0.39 is 6.01 Å². The highest BCUT2D eigenvalue weighted by atomic mass is 32.2. The highest BCUT2D eigenvalue weighted by molar-refractivity contribution is 7.99. The van der Waals surface area contributed by atoms with Crippen molar-refractivity contribution in [3.8, 4) is 5.75 Å². The van der Waals surface area contributed by atoms with Gasteiger partial charge in [0, 0.05) is 23.7 Å². The fraction of sp³-hybridized carbons (Fsp3) is 0.286. The van der Waals surface area contributed by atoms with Crippen molar-refractivity contribution in [1.29, 1.82) is 0 Å². The molecule has 27 heavy (non-hydrogen) atoms. The number of carbonyl (C=O) groups is 1. The Bertz CT molecular complexity index is 806. The molecule has 2 N–H and O–H groups in total. The van der Waals surface area contributed by atoms with Crippen molar-refractivity contribution in [2.45, 2.75) is 24.3 Å². The van der Waals surface area contributed by atoms with E-state index in [1.54, 1.807) is 36.4 Å². The van der Waals surface area contributed by atoms with E-state index in [1.165, 1.54) is 5.57 Å². The number of phenolic OH excluding ortho intramolecular Hbond substituents is 1.